The van der Waals surface area contributed by atoms with Gasteiger partial charge in [0.1, 0.15) is 0 Å². The molecule has 5 heteroatoms. The van der Waals surface area contributed by atoms with Crippen LogP contribution in [0.4, 0.5) is 0 Å². The van der Waals surface area contributed by atoms with Gasteiger partial charge in [-0.1, -0.05) is 45.0 Å². The average Bonchev–Trinajstić information content (AvgIpc) is 2.91. The summed E-state index contributed by atoms with van der Waals surface area (Å²) in [6, 6.07) is 7.34. The minimum absolute atomic E-state index is 0.00795. The smallest absolute Gasteiger partial charge is 0.332 e. The first-order valence-corrected chi connectivity index (χ1v) is 7.73. The molecule has 1 N–H and O–H groups in total. The van der Waals surface area contributed by atoms with Crippen molar-refractivity contribution in [3.63, 3.8) is 0 Å². The van der Waals surface area contributed by atoms with Crippen molar-refractivity contribution in [3.05, 3.63) is 58.9 Å². The number of ketones is 1. The Morgan fingerprint density at radius 1 is 1.21 bits per heavy atom. The lowest BCUT2D eigenvalue weighted by Gasteiger charge is -2.19. The molecule has 5 nitrogen and oxygen atoms in total. The SMILES string of the molecule is Cn1cc(C=C(CC(=O)c2ccc(C(C)(C)C)cc2)C(=O)O)cn1. The number of aliphatic carboxylic acids is 1. The molecule has 1 aromatic heterocycles. The van der Waals surface area contributed by atoms with Gasteiger partial charge in [-0.3, -0.25) is 9.48 Å². The Morgan fingerprint density at radius 3 is 2.29 bits per heavy atom. The van der Waals surface area contributed by atoms with Crippen molar-refractivity contribution in [1.29, 1.82) is 0 Å². The van der Waals surface area contributed by atoms with Crippen molar-refractivity contribution in [2.45, 2.75) is 32.6 Å². The first kappa shape index (κ1) is 17.7. The van der Waals surface area contributed by atoms with Gasteiger partial charge in [0.2, 0.25) is 0 Å². The van der Waals surface area contributed by atoms with Crippen LogP contribution in [0.15, 0.2) is 42.2 Å². The highest BCUT2D eigenvalue weighted by molar-refractivity contribution is 6.05. The lowest BCUT2D eigenvalue weighted by Crippen LogP contribution is -2.12. The molecule has 0 saturated heterocycles. The predicted molar refractivity (Wildman–Crippen MR) is 92.9 cm³/mol. The number of carboxylic acid groups (broad SMARTS) is 1. The highest BCUT2D eigenvalue weighted by atomic mass is 16.4. The van der Waals surface area contributed by atoms with Crippen molar-refractivity contribution < 1.29 is 14.7 Å². The Hall–Kier alpha value is -2.69. The maximum absolute atomic E-state index is 12.4. The number of hydrogen-bond donors (Lipinski definition) is 1. The van der Waals surface area contributed by atoms with E-state index >= 15 is 0 Å². The normalized spacial score (nSPS) is 12.2. The molecule has 0 radical (unpaired) electrons. The Kier molecular flexibility index (Phi) is 5.02. The molecule has 24 heavy (non-hydrogen) atoms. The summed E-state index contributed by atoms with van der Waals surface area (Å²) in [5, 5.41) is 13.3. The lowest BCUT2D eigenvalue weighted by molar-refractivity contribution is -0.132. The number of carboxylic acids is 1. The summed E-state index contributed by atoms with van der Waals surface area (Å²) in [4.78, 5) is 23.8. The molecule has 0 fully saturated rings. The molecule has 0 aliphatic carbocycles. The Morgan fingerprint density at radius 2 is 1.83 bits per heavy atom. The first-order valence-electron chi connectivity index (χ1n) is 7.73. The molecule has 0 atom stereocenters. The number of Topliss-reactive ketones (excluding diaryl/α,β-unsaturated/α-hetero) is 1. The van der Waals surface area contributed by atoms with Crippen LogP contribution in [0, 0.1) is 0 Å². The fourth-order valence-corrected chi connectivity index (χ4v) is 2.34. The van der Waals surface area contributed by atoms with Crippen molar-refractivity contribution in [2.75, 3.05) is 0 Å². The molecule has 0 bridgehead atoms. The molecular formula is C19H22N2O3. The molecule has 0 spiro atoms. The van der Waals surface area contributed by atoms with E-state index in [4.69, 9.17) is 0 Å². The standard InChI is InChI=1S/C19H22N2O3/c1-19(2,3)16-7-5-14(6-8-16)17(22)10-15(18(23)24)9-13-11-20-21(4)12-13/h5-9,11-12H,10H2,1-4H3,(H,23,24). The number of rotatable bonds is 5. The number of carbonyl (C=O) groups excluding carboxylic acids is 1. The molecule has 0 amide bonds. The minimum atomic E-state index is -1.10. The summed E-state index contributed by atoms with van der Waals surface area (Å²) in [6.07, 6.45) is 4.59. The molecule has 0 unspecified atom stereocenters. The van der Waals surface area contributed by atoms with Crippen LogP contribution in [-0.4, -0.2) is 26.6 Å². The number of carbonyl (C=O) groups is 2. The van der Waals surface area contributed by atoms with E-state index in [-0.39, 0.29) is 23.2 Å². The molecule has 0 saturated carbocycles. The van der Waals surface area contributed by atoms with Crippen LogP contribution in [0.1, 0.15) is 48.7 Å². The van der Waals surface area contributed by atoms with Crippen molar-refractivity contribution in [2.24, 2.45) is 7.05 Å². The van der Waals surface area contributed by atoms with Gasteiger partial charge in [-0.05, 0) is 17.1 Å². The summed E-state index contributed by atoms with van der Waals surface area (Å²) < 4.78 is 1.58. The largest absolute Gasteiger partial charge is 0.478 e. The number of benzene rings is 1. The van der Waals surface area contributed by atoms with Crippen LogP contribution in [0.25, 0.3) is 6.08 Å². The third-order valence-electron chi connectivity index (χ3n) is 3.76. The average molecular weight is 326 g/mol. The van der Waals surface area contributed by atoms with E-state index in [1.54, 1.807) is 36.3 Å². The Balaban J connectivity index is 2.19. The molecule has 126 valence electrons. The second-order valence-electron chi connectivity index (χ2n) is 6.85. The van der Waals surface area contributed by atoms with E-state index in [2.05, 4.69) is 25.9 Å². The summed E-state index contributed by atoms with van der Waals surface area (Å²) in [6.45, 7) is 6.30. The van der Waals surface area contributed by atoms with E-state index in [1.807, 2.05) is 12.1 Å². The van der Waals surface area contributed by atoms with Crippen LogP contribution in [-0.2, 0) is 17.3 Å². The zero-order chi connectivity index (χ0) is 17.9. The van der Waals surface area contributed by atoms with Crippen LogP contribution in [0.3, 0.4) is 0 Å². The van der Waals surface area contributed by atoms with E-state index in [9.17, 15) is 14.7 Å². The van der Waals surface area contributed by atoms with Crippen molar-refractivity contribution in [3.8, 4) is 0 Å². The fraction of sp³-hybridized carbons (Fsp3) is 0.316. The van der Waals surface area contributed by atoms with E-state index in [1.165, 1.54) is 6.08 Å². The monoisotopic (exact) mass is 326 g/mol. The molecule has 1 aromatic carbocycles. The zero-order valence-corrected chi connectivity index (χ0v) is 14.4. The van der Waals surface area contributed by atoms with Crippen LogP contribution < -0.4 is 0 Å². The van der Waals surface area contributed by atoms with E-state index in [0.717, 1.165) is 5.56 Å². The molecular weight excluding hydrogens is 304 g/mol. The predicted octanol–water partition coefficient (Wildman–Crippen LogP) is 3.46. The number of hydrogen-bond acceptors (Lipinski definition) is 3. The lowest BCUT2D eigenvalue weighted by atomic mass is 9.86. The van der Waals surface area contributed by atoms with Gasteiger partial charge in [0, 0.05) is 36.4 Å². The van der Waals surface area contributed by atoms with Gasteiger partial charge < -0.3 is 5.11 Å². The highest BCUT2D eigenvalue weighted by Crippen LogP contribution is 2.23. The molecule has 2 rings (SSSR count). The third kappa shape index (κ3) is 4.41. The third-order valence-corrected chi connectivity index (χ3v) is 3.76. The molecule has 0 aliphatic rings. The van der Waals surface area contributed by atoms with Crippen LogP contribution >= 0.6 is 0 Å². The Labute approximate surface area is 141 Å². The number of aryl methyl sites for hydroxylation is 1. The van der Waals surface area contributed by atoms with Gasteiger partial charge in [-0.2, -0.15) is 5.10 Å². The molecule has 0 aliphatic heterocycles. The quantitative estimate of drug-likeness (QED) is 0.674. The second kappa shape index (κ2) is 6.83. The topological polar surface area (TPSA) is 72.2 Å². The maximum Gasteiger partial charge on any atom is 0.332 e. The van der Waals surface area contributed by atoms with E-state index < -0.39 is 5.97 Å². The summed E-state index contributed by atoms with van der Waals surface area (Å²) >= 11 is 0. The molecule has 2 aromatic rings. The minimum Gasteiger partial charge on any atom is -0.478 e. The summed E-state index contributed by atoms with van der Waals surface area (Å²) in [7, 11) is 1.75. The fourth-order valence-electron chi connectivity index (χ4n) is 2.34. The van der Waals surface area contributed by atoms with Gasteiger partial charge in [0.15, 0.2) is 5.78 Å². The summed E-state index contributed by atoms with van der Waals surface area (Å²) in [5.41, 5.74) is 2.36. The maximum atomic E-state index is 12.4. The first-order chi connectivity index (χ1) is 11.2. The summed E-state index contributed by atoms with van der Waals surface area (Å²) in [5.74, 6) is -1.31. The van der Waals surface area contributed by atoms with Gasteiger partial charge in [0.05, 0.1) is 6.20 Å². The number of nitrogens with zero attached hydrogens (tertiary/aromatic N) is 2. The van der Waals surface area contributed by atoms with Gasteiger partial charge in [0.25, 0.3) is 0 Å². The van der Waals surface area contributed by atoms with Gasteiger partial charge >= 0.3 is 5.97 Å². The van der Waals surface area contributed by atoms with Crippen molar-refractivity contribution >= 4 is 17.8 Å². The Bertz CT molecular complexity index is 778. The van der Waals surface area contributed by atoms with Gasteiger partial charge in [-0.25, -0.2) is 4.79 Å². The van der Waals surface area contributed by atoms with Crippen LogP contribution in [0.5, 0.6) is 0 Å². The van der Waals surface area contributed by atoms with Crippen LogP contribution in [0.2, 0.25) is 0 Å². The van der Waals surface area contributed by atoms with E-state index in [0.29, 0.717) is 11.1 Å². The molecule has 1 heterocycles. The second-order valence-corrected chi connectivity index (χ2v) is 6.85. The highest BCUT2D eigenvalue weighted by Gasteiger charge is 2.17. The van der Waals surface area contributed by atoms with Gasteiger partial charge in [-0.15, -0.1) is 0 Å². The van der Waals surface area contributed by atoms with Crippen molar-refractivity contribution in [1.82, 2.24) is 9.78 Å². The zero-order valence-electron chi connectivity index (χ0n) is 14.4. The number of aromatic nitrogens is 2.